The van der Waals surface area contributed by atoms with Crippen molar-refractivity contribution in [2.75, 3.05) is 13.7 Å². The van der Waals surface area contributed by atoms with Crippen molar-refractivity contribution in [3.63, 3.8) is 0 Å². The van der Waals surface area contributed by atoms with E-state index in [0.717, 1.165) is 24.3 Å². The third-order valence-electron chi connectivity index (χ3n) is 4.22. The van der Waals surface area contributed by atoms with Gasteiger partial charge in [-0.2, -0.15) is 0 Å². The monoisotopic (exact) mass is 235 g/mol. The van der Waals surface area contributed by atoms with Crippen molar-refractivity contribution in [3.8, 4) is 5.75 Å². The molecule has 2 nitrogen and oxygen atoms in total. The number of hydrogen-bond acceptors (Lipinski definition) is 2. The second-order valence-electron chi connectivity index (χ2n) is 5.31. The summed E-state index contributed by atoms with van der Waals surface area (Å²) in [5, 5.41) is 0. The summed E-state index contributed by atoms with van der Waals surface area (Å²) in [5.41, 5.74) is 0. The van der Waals surface area contributed by atoms with Crippen LogP contribution in [0.4, 0.5) is 4.39 Å². The van der Waals surface area contributed by atoms with Crippen molar-refractivity contribution < 1.29 is 9.13 Å². The zero-order valence-corrected chi connectivity index (χ0v) is 10.1. The molecule has 1 aromatic carbocycles. The molecule has 4 rings (SSSR count). The Hall–Kier alpha value is -1.09. The van der Waals surface area contributed by atoms with Crippen LogP contribution in [0.1, 0.15) is 19.3 Å². The quantitative estimate of drug-likeness (QED) is 0.798. The molecule has 0 aromatic heterocycles. The highest BCUT2D eigenvalue weighted by atomic mass is 19.1. The molecule has 1 atom stereocenters. The summed E-state index contributed by atoms with van der Waals surface area (Å²) >= 11 is 0. The van der Waals surface area contributed by atoms with E-state index < -0.39 is 0 Å². The fourth-order valence-corrected chi connectivity index (χ4v) is 2.98. The molecule has 1 saturated carbocycles. The van der Waals surface area contributed by atoms with Crippen molar-refractivity contribution >= 4 is 0 Å². The van der Waals surface area contributed by atoms with E-state index in [0.29, 0.717) is 6.04 Å². The maximum Gasteiger partial charge on any atom is 0.123 e. The zero-order valence-electron chi connectivity index (χ0n) is 10.1. The van der Waals surface area contributed by atoms with Gasteiger partial charge in [0.1, 0.15) is 18.2 Å². The average molecular weight is 235 g/mol. The van der Waals surface area contributed by atoms with E-state index in [9.17, 15) is 4.39 Å². The molecule has 2 heterocycles. The van der Waals surface area contributed by atoms with Gasteiger partial charge in [-0.1, -0.05) is 0 Å². The van der Waals surface area contributed by atoms with Crippen LogP contribution in [0, 0.1) is 11.7 Å². The van der Waals surface area contributed by atoms with E-state index in [1.165, 1.54) is 31.4 Å². The molecule has 0 amide bonds. The number of nitrogens with zero attached hydrogens (tertiary/aromatic N) is 1. The van der Waals surface area contributed by atoms with Crippen molar-refractivity contribution in [1.82, 2.24) is 4.90 Å². The molecule has 3 aliphatic rings. The maximum atomic E-state index is 12.7. The zero-order chi connectivity index (χ0) is 11.8. The van der Waals surface area contributed by atoms with Crippen LogP contribution in [0.15, 0.2) is 24.3 Å². The highest BCUT2D eigenvalue weighted by Crippen LogP contribution is 2.41. The van der Waals surface area contributed by atoms with Crippen LogP contribution in [0.3, 0.4) is 0 Å². The van der Waals surface area contributed by atoms with Crippen LogP contribution in [-0.2, 0) is 0 Å². The van der Waals surface area contributed by atoms with Gasteiger partial charge in [-0.05, 0) is 56.5 Å². The number of ether oxygens (including phenoxy) is 1. The van der Waals surface area contributed by atoms with E-state index >= 15 is 0 Å². The molecule has 0 radical (unpaired) electrons. The minimum atomic E-state index is -0.214. The summed E-state index contributed by atoms with van der Waals surface area (Å²) in [4.78, 5) is 2.45. The predicted octanol–water partition coefficient (Wildman–Crippen LogP) is 2.69. The predicted molar refractivity (Wildman–Crippen MR) is 64.6 cm³/mol. The second kappa shape index (κ2) is 4.30. The van der Waals surface area contributed by atoms with Gasteiger partial charge in [0.05, 0.1) is 0 Å². The van der Waals surface area contributed by atoms with Crippen molar-refractivity contribution in [2.24, 2.45) is 5.92 Å². The molecule has 2 aliphatic heterocycles. The molecular weight excluding hydrogens is 217 g/mol. The first kappa shape index (κ1) is 11.0. The summed E-state index contributed by atoms with van der Waals surface area (Å²) in [6.45, 7) is 0.717. The highest BCUT2D eigenvalue weighted by Gasteiger charge is 2.42. The Kier molecular flexibility index (Phi) is 2.79. The van der Waals surface area contributed by atoms with Crippen LogP contribution < -0.4 is 4.74 Å². The SMILES string of the molecule is CN1C(COc2ccc(F)cc2)CC2CC1C2. The lowest BCUT2D eigenvalue weighted by Crippen LogP contribution is -2.56. The lowest BCUT2D eigenvalue weighted by atomic mass is 9.71. The van der Waals surface area contributed by atoms with Crippen LogP contribution in [0.5, 0.6) is 5.75 Å². The Morgan fingerprint density at radius 2 is 1.94 bits per heavy atom. The minimum Gasteiger partial charge on any atom is -0.492 e. The number of piperidine rings is 2. The number of fused-ring (bicyclic) bond motifs is 2. The number of halogens is 1. The molecule has 3 fully saturated rings. The van der Waals surface area contributed by atoms with E-state index in [1.54, 1.807) is 12.1 Å². The third-order valence-corrected chi connectivity index (χ3v) is 4.22. The Morgan fingerprint density at radius 1 is 1.24 bits per heavy atom. The van der Waals surface area contributed by atoms with Crippen molar-refractivity contribution in [2.45, 2.75) is 31.3 Å². The summed E-state index contributed by atoms with van der Waals surface area (Å²) < 4.78 is 18.5. The van der Waals surface area contributed by atoms with Gasteiger partial charge in [0.2, 0.25) is 0 Å². The Bertz CT molecular complexity index is 386. The third kappa shape index (κ3) is 2.16. The molecular formula is C14H18FNO. The van der Waals surface area contributed by atoms with Gasteiger partial charge in [-0.25, -0.2) is 4.39 Å². The summed E-state index contributed by atoms with van der Waals surface area (Å²) in [6, 6.07) is 7.57. The number of rotatable bonds is 3. The molecule has 1 aromatic rings. The second-order valence-corrected chi connectivity index (χ2v) is 5.31. The van der Waals surface area contributed by atoms with Gasteiger partial charge in [0, 0.05) is 12.1 Å². The number of benzene rings is 1. The van der Waals surface area contributed by atoms with E-state index in [2.05, 4.69) is 11.9 Å². The maximum absolute atomic E-state index is 12.7. The van der Waals surface area contributed by atoms with Gasteiger partial charge in [0.15, 0.2) is 0 Å². The first-order valence-corrected chi connectivity index (χ1v) is 6.32. The van der Waals surface area contributed by atoms with Gasteiger partial charge < -0.3 is 4.74 Å². The highest BCUT2D eigenvalue weighted by molar-refractivity contribution is 5.22. The van der Waals surface area contributed by atoms with Crippen LogP contribution in [0.25, 0.3) is 0 Å². The molecule has 17 heavy (non-hydrogen) atoms. The smallest absolute Gasteiger partial charge is 0.123 e. The molecule has 2 saturated heterocycles. The van der Waals surface area contributed by atoms with E-state index in [4.69, 9.17) is 4.74 Å². The topological polar surface area (TPSA) is 12.5 Å². The lowest BCUT2D eigenvalue weighted by Gasteiger charge is -2.52. The molecule has 3 heteroatoms. The Balaban J connectivity index is 1.55. The van der Waals surface area contributed by atoms with E-state index in [-0.39, 0.29) is 5.82 Å². The first-order valence-electron chi connectivity index (χ1n) is 6.32. The standard InChI is InChI=1S/C14H18FNO/c1-16-12-6-10(7-12)8-13(16)9-17-14-4-2-11(15)3-5-14/h2-5,10,12-13H,6-9H2,1H3. The Labute approximate surface area is 101 Å². The lowest BCUT2D eigenvalue weighted by molar-refractivity contribution is -0.0294. The summed E-state index contributed by atoms with van der Waals surface area (Å²) in [7, 11) is 2.19. The van der Waals surface area contributed by atoms with Crippen LogP contribution in [0.2, 0.25) is 0 Å². The largest absolute Gasteiger partial charge is 0.492 e. The summed E-state index contributed by atoms with van der Waals surface area (Å²) in [5.74, 6) is 1.46. The first-order chi connectivity index (χ1) is 8.22. The fraction of sp³-hybridized carbons (Fsp3) is 0.571. The van der Waals surface area contributed by atoms with Crippen LogP contribution >= 0.6 is 0 Å². The average Bonchev–Trinajstić information content (AvgIpc) is 2.28. The fourth-order valence-electron chi connectivity index (χ4n) is 2.98. The number of likely N-dealkylation sites (N-methyl/N-ethyl adjacent to an activating group) is 1. The minimum absolute atomic E-state index is 0.214. The molecule has 1 aliphatic carbocycles. The van der Waals surface area contributed by atoms with Crippen LogP contribution in [-0.4, -0.2) is 30.6 Å². The van der Waals surface area contributed by atoms with Gasteiger partial charge in [-0.3, -0.25) is 4.90 Å². The van der Waals surface area contributed by atoms with Crippen molar-refractivity contribution in [3.05, 3.63) is 30.1 Å². The molecule has 1 unspecified atom stereocenters. The molecule has 92 valence electrons. The van der Waals surface area contributed by atoms with Gasteiger partial charge in [0.25, 0.3) is 0 Å². The summed E-state index contributed by atoms with van der Waals surface area (Å²) in [6.07, 6.45) is 3.97. The molecule has 2 bridgehead atoms. The molecule has 0 N–H and O–H groups in total. The molecule has 0 spiro atoms. The van der Waals surface area contributed by atoms with E-state index in [1.807, 2.05) is 0 Å². The van der Waals surface area contributed by atoms with Crippen molar-refractivity contribution in [1.29, 1.82) is 0 Å². The van der Waals surface area contributed by atoms with Gasteiger partial charge in [-0.15, -0.1) is 0 Å². The Morgan fingerprint density at radius 3 is 2.59 bits per heavy atom. The van der Waals surface area contributed by atoms with Gasteiger partial charge >= 0.3 is 0 Å². The normalized spacial score (nSPS) is 32.0. The number of hydrogen-bond donors (Lipinski definition) is 0.